The van der Waals surface area contributed by atoms with Crippen molar-refractivity contribution in [1.82, 2.24) is 20.1 Å². The van der Waals surface area contributed by atoms with Crippen molar-refractivity contribution in [3.05, 3.63) is 35.5 Å². The lowest BCUT2D eigenvalue weighted by molar-refractivity contribution is -0.131. The molecule has 1 aliphatic heterocycles. The van der Waals surface area contributed by atoms with Gasteiger partial charge in [-0.3, -0.25) is 19.3 Å². The Morgan fingerprint density at radius 2 is 1.97 bits per heavy atom. The molecule has 0 unspecified atom stereocenters. The number of ether oxygens (including phenoxy) is 1. The number of aromatic hydroxyl groups is 1. The Hall–Kier alpha value is -3.20. The van der Waals surface area contributed by atoms with Crippen molar-refractivity contribution in [2.75, 3.05) is 45.9 Å². The predicted octanol–water partition coefficient (Wildman–Crippen LogP) is 1.08. The van der Waals surface area contributed by atoms with Gasteiger partial charge in [0, 0.05) is 37.6 Å². The number of nitrogens with one attached hydrogen (secondary N) is 1. The maximum absolute atomic E-state index is 12.5. The standard InChI is InChI=1S/C22H28N4O5/c1-16-4-5-17-18(12-16)24-19(13-20(17)28)22(30)23-14-21(29)26-9-7-25(8-10-26)6-2-3-11-31-15-27/h4-5,12-13,15H,2-3,6-11,14H2,1H3,(H,23,30)(H,24,28). The first-order valence-electron chi connectivity index (χ1n) is 10.4. The van der Waals surface area contributed by atoms with Crippen LogP contribution in [0, 0.1) is 6.92 Å². The number of amides is 2. The van der Waals surface area contributed by atoms with E-state index in [1.807, 2.05) is 13.0 Å². The SMILES string of the molecule is Cc1ccc2c(O)cc(C(=O)NCC(=O)N3CCN(CCCCOC=O)CC3)nc2c1. The van der Waals surface area contributed by atoms with Crippen molar-refractivity contribution in [1.29, 1.82) is 0 Å². The van der Waals surface area contributed by atoms with E-state index in [2.05, 4.69) is 19.9 Å². The number of nitrogens with zero attached hydrogens (tertiary/aromatic N) is 3. The first-order chi connectivity index (χ1) is 15.0. The average Bonchev–Trinajstić information content (AvgIpc) is 2.77. The van der Waals surface area contributed by atoms with Crippen molar-refractivity contribution in [2.45, 2.75) is 19.8 Å². The summed E-state index contributed by atoms with van der Waals surface area (Å²) in [5, 5.41) is 13.4. The summed E-state index contributed by atoms with van der Waals surface area (Å²) < 4.78 is 4.68. The molecule has 1 fully saturated rings. The largest absolute Gasteiger partial charge is 0.507 e. The van der Waals surface area contributed by atoms with E-state index >= 15 is 0 Å². The molecule has 2 heterocycles. The molecule has 9 heteroatoms. The zero-order valence-electron chi connectivity index (χ0n) is 17.7. The molecule has 0 bridgehead atoms. The van der Waals surface area contributed by atoms with Crippen molar-refractivity contribution < 1.29 is 24.2 Å². The van der Waals surface area contributed by atoms with Crippen molar-refractivity contribution in [3.63, 3.8) is 0 Å². The van der Waals surface area contributed by atoms with Gasteiger partial charge in [0.1, 0.15) is 11.4 Å². The van der Waals surface area contributed by atoms with Gasteiger partial charge in [0.05, 0.1) is 18.7 Å². The van der Waals surface area contributed by atoms with E-state index in [0.717, 1.165) is 38.0 Å². The van der Waals surface area contributed by atoms with E-state index in [4.69, 9.17) is 0 Å². The Morgan fingerprint density at radius 1 is 1.19 bits per heavy atom. The molecule has 166 valence electrons. The van der Waals surface area contributed by atoms with Crippen molar-refractivity contribution in [3.8, 4) is 5.75 Å². The second-order valence-electron chi connectivity index (χ2n) is 7.63. The third-order valence-corrected chi connectivity index (χ3v) is 5.36. The van der Waals surface area contributed by atoms with Crippen molar-refractivity contribution >= 4 is 29.2 Å². The second kappa shape index (κ2) is 10.7. The summed E-state index contributed by atoms with van der Waals surface area (Å²) in [6, 6.07) is 6.74. The van der Waals surface area contributed by atoms with Crippen LogP contribution < -0.4 is 5.32 Å². The van der Waals surface area contributed by atoms with Crippen LogP contribution in [0.15, 0.2) is 24.3 Å². The predicted molar refractivity (Wildman–Crippen MR) is 115 cm³/mol. The topological polar surface area (TPSA) is 112 Å². The highest BCUT2D eigenvalue weighted by molar-refractivity contribution is 5.98. The smallest absolute Gasteiger partial charge is 0.293 e. The van der Waals surface area contributed by atoms with E-state index < -0.39 is 5.91 Å². The molecule has 9 nitrogen and oxygen atoms in total. The molecule has 2 amide bonds. The molecular formula is C22H28N4O5. The summed E-state index contributed by atoms with van der Waals surface area (Å²) in [6.07, 6.45) is 1.75. The van der Waals surface area contributed by atoms with Gasteiger partial charge in [0.15, 0.2) is 0 Å². The number of benzene rings is 1. The van der Waals surface area contributed by atoms with Crippen LogP contribution in [-0.2, 0) is 14.3 Å². The van der Waals surface area contributed by atoms with E-state index in [1.165, 1.54) is 6.07 Å². The molecule has 1 aliphatic rings. The minimum absolute atomic E-state index is 0.0182. The van der Waals surface area contributed by atoms with E-state index in [0.29, 0.717) is 37.1 Å². The number of rotatable bonds is 9. The van der Waals surface area contributed by atoms with Gasteiger partial charge in [-0.05, 0) is 44.0 Å². The maximum Gasteiger partial charge on any atom is 0.293 e. The van der Waals surface area contributed by atoms with Crippen LogP contribution >= 0.6 is 0 Å². The van der Waals surface area contributed by atoms with Gasteiger partial charge in [-0.1, -0.05) is 6.07 Å². The Labute approximate surface area is 181 Å². The minimum Gasteiger partial charge on any atom is -0.507 e. The van der Waals surface area contributed by atoms with Gasteiger partial charge < -0.3 is 20.1 Å². The lowest BCUT2D eigenvalue weighted by atomic mass is 10.1. The summed E-state index contributed by atoms with van der Waals surface area (Å²) in [7, 11) is 0. The Bertz CT molecular complexity index is 941. The molecule has 0 atom stereocenters. The van der Waals surface area contributed by atoms with Crippen LogP contribution in [0.2, 0.25) is 0 Å². The van der Waals surface area contributed by atoms with Crippen LogP contribution in [-0.4, -0.2) is 84.1 Å². The number of fused-ring (bicyclic) bond motifs is 1. The summed E-state index contributed by atoms with van der Waals surface area (Å²) in [6.45, 7) is 6.34. The Morgan fingerprint density at radius 3 is 2.71 bits per heavy atom. The second-order valence-corrected chi connectivity index (χ2v) is 7.63. The molecule has 2 N–H and O–H groups in total. The zero-order valence-corrected chi connectivity index (χ0v) is 17.7. The molecule has 0 spiro atoms. The van der Waals surface area contributed by atoms with Gasteiger partial charge in [-0.25, -0.2) is 4.98 Å². The monoisotopic (exact) mass is 428 g/mol. The van der Waals surface area contributed by atoms with Crippen LogP contribution in [0.5, 0.6) is 5.75 Å². The summed E-state index contributed by atoms with van der Waals surface area (Å²) in [4.78, 5) is 43.4. The summed E-state index contributed by atoms with van der Waals surface area (Å²) >= 11 is 0. The first-order valence-corrected chi connectivity index (χ1v) is 10.4. The van der Waals surface area contributed by atoms with Gasteiger partial charge in [-0.15, -0.1) is 0 Å². The van der Waals surface area contributed by atoms with Crippen molar-refractivity contribution in [2.24, 2.45) is 0 Å². The summed E-state index contributed by atoms with van der Waals surface area (Å²) in [5.41, 5.74) is 1.58. The third kappa shape index (κ3) is 6.14. The molecule has 1 aromatic carbocycles. The van der Waals surface area contributed by atoms with E-state index in [9.17, 15) is 19.5 Å². The van der Waals surface area contributed by atoms with Gasteiger partial charge in [0.25, 0.3) is 12.4 Å². The fourth-order valence-electron chi connectivity index (χ4n) is 3.58. The van der Waals surface area contributed by atoms with Crippen LogP contribution in [0.25, 0.3) is 10.9 Å². The Kier molecular flexibility index (Phi) is 7.77. The van der Waals surface area contributed by atoms with Gasteiger partial charge >= 0.3 is 0 Å². The molecule has 0 aliphatic carbocycles. The van der Waals surface area contributed by atoms with Crippen LogP contribution in [0.4, 0.5) is 0 Å². The molecule has 1 saturated heterocycles. The number of aromatic nitrogens is 1. The number of carbonyl (C=O) groups excluding carboxylic acids is 3. The molecule has 0 radical (unpaired) electrons. The van der Waals surface area contributed by atoms with Gasteiger partial charge in [-0.2, -0.15) is 0 Å². The van der Waals surface area contributed by atoms with E-state index in [1.54, 1.807) is 17.0 Å². The summed E-state index contributed by atoms with van der Waals surface area (Å²) in [5.74, 6) is -0.660. The molecular weight excluding hydrogens is 400 g/mol. The fraction of sp³-hybridized carbons (Fsp3) is 0.455. The fourth-order valence-corrected chi connectivity index (χ4v) is 3.58. The molecule has 3 rings (SSSR count). The number of carbonyl (C=O) groups is 3. The minimum atomic E-state index is -0.497. The number of aryl methyl sites for hydroxylation is 1. The number of pyridine rings is 1. The molecule has 0 saturated carbocycles. The average molecular weight is 428 g/mol. The molecule has 2 aromatic rings. The van der Waals surface area contributed by atoms with Crippen LogP contribution in [0.3, 0.4) is 0 Å². The van der Waals surface area contributed by atoms with Crippen LogP contribution in [0.1, 0.15) is 28.9 Å². The molecule has 1 aromatic heterocycles. The number of hydrogen-bond acceptors (Lipinski definition) is 7. The lowest BCUT2D eigenvalue weighted by Gasteiger charge is -2.34. The zero-order chi connectivity index (χ0) is 22.2. The quantitative estimate of drug-likeness (QED) is 0.454. The van der Waals surface area contributed by atoms with Gasteiger partial charge in [0.2, 0.25) is 5.91 Å². The van der Waals surface area contributed by atoms with E-state index in [-0.39, 0.29) is 23.9 Å². The first kappa shape index (κ1) is 22.5. The lowest BCUT2D eigenvalue weighted by Crippen LogP contribution is -2.51. The maximum atomic E-state index is 12.5. The normalized spacial score (nSPS) is 14.4. The third-order valence-electron chi connectivity index (χ3n) is 5.36. The highest BCUT2D eigenvalue weighted by Gasteiger charge is 2.21. The molecule has 31 heavy (non-hydrogen) atoms. The number of unbranched alkanes of at least 4 members (excludes halogenated alkanes) is 1. The number of piperazine rings is 1. The Balaban J connectivity index is 1.45. The highest BCUT2D eigenvalue weighted by atomic mass is 16.5. The highest BCUT2D eigenvalue weighted by Crippen LogP contribution is 2.24. The number of hydrogen-bond donors (Lipinski definition) is 2.